The van der Waals surface area contributed by atoms with E-state index >= 15 is 0 Å². The number of urea groups is 1. The van der Waals surface area contributed by atoms with E-state index in [2.05, 4.69) is 20.2 Å². The van der Waals surface area contributed by atoms with E-state index < -0.39 is 6.04 Å². The van der Waals surface area contributed by atoms with Crippen molar-refractivity contribution in [3.63, 3.8) is 0 Å². The Hall–Kier alpha value is -3.88. The second kappa shape index (κ2) is 9.17. The minimum Gasteiger partial charge on any atom is -0.493 e. The number of nitrogens with one attached hydrogen (secondary N) is 1. The number of aromatic nitrogens is 2. The van der Waals surface area contributed by atoms with Crippen LogP contribution in [0.15, 0.2) is 48.8 Å². The summed E-state index contributed by atoms with van der Waals surface area (Å²) in [5.74, 6) is 1.90. The van der Waals surface area contributed by atoms with E-state index in [-0.39, 0.29) is 18.0 Å². The summed E-state index contributed by atoms with van der Waals surface area (Å²) in [5, 5.41) is 3.74. The average Bonchev–Trinajstić information content (AvgIpc) is 3.15. The first kappa shape index (κ1) is 21.9. The monoisotopic (exact) mass is 461 g/mol. The number of piperidine rings is 1. The van der Waals surface area contributed by atoms with E-state index in [0.29, 0.717) is 43.9 Å². The van der Waals surface area contributed by atoms with Crippen molar-refractivity contribution in [2.24, 2.45) is 0 Å². The lowest BCUT2D eigenvalue weighted by Crippen LogP contribution is -2.48. The van der Waals surface area contributed by atoms with E-state index in [1.807, 2.05) is 42.5 Å². The fraction of sp³-hybridized carbons (Fsp3) is 0.360. The van der Waals surface area contributed by atoms with E-state index in [1.165, 1.54) is 4.90 Å². The van der Waals surface area contributed by atoms with Crippen molar-refractivity contribution in [1.29, 1.82) is 0 Å². The van der Waals surface area contributed by atoms with Crippen LogP contribution >= 0.6 is 0 Å². The van der Waals surface area contributed by atoms with Crippen LogP contribution in [0.25, 0.3) is 10.9 Å². The van der Waals surface area contributed by atoms with Crippen LogP contribution in [0, 0.1) is 0 Å². The van der Waals surface area contributed by atoms with E-state index in [9.17, 15) is 9.59 Å². The van der Waals surface area contributed by atoms with Crippen molar-refractivity contribution in [1.82, 2.24) is 20.2 Å². The number of fused-ring (bicyclic) bond motifs is 1. The number of carbonyl (C=O) groups is 2. The molecule has 2 saturated heterocycles. The Balaban J connectivity index is 1.30. The van der Waals surface area contributed by atoms with E-state index in [4.69, 9.17) is 9.47 Å². The van der Waals surface area contributed by atoms with Gasteiger partial charge in [-0.15, -0.1) is 0 Å². The number of hydrogen-bond acceptors (Lipinski definition) is 7. The Morgan fingerprint density at radius 3 is 2.41 bits per heavy atom. The molecule has 2 aliphatic rings. The van der Waals surface area contributed by atoms with Gasteiger partial charge in [0.2, 0.25) is 0 Å². The molecule has 34 heavy (non-hydrogen) atoms. The first-order valence-corrected chi connectivity index (χ1v) is 11.4. The number of methoxy groups -OCH3 is 2. The summed E-state index contributed by atoms with van der Waals surface area (Å²) < 4.78 is 10.9. The number of hydrogen-bond donors (Lipinski definition) is 1. The number of amides is 3. The number of rotatable bonds is 6. The highest BCUT2D eigenvalue weighted by molar-refractivity contribution is 6.04. The molecule has 3 aromatic rings. The van der Waals surface area contributed by atoms with Gasteiger partial charge in [-0.1, -0.05) is 30.3 Å². The third-order valence-electron chi connectivity index (χ3n) is 6.58. The number of imide groups is 1. The third-order valence-corrected chi connectivity index (χ3v) is 6.58. The van der Waals surface area contributed by atoms with Gasteiger partial charge < -0.3 is 19.7 Å². The van der Waals surface area contributed by atoms with Gasteiger partial charge in [0, 0.05) is 37.0 Å². The fourth-order valence-corrected chi connectivity index (χ4v) is 4.84. The highest BCUT2D eigenvalue weighted by Crippen LogP contribution is 2.35. The molecular formula is C25H27N5O4. The normalized spacial score (nSPS) is 18.9. The van der Waals surface area contributed by atoms with Crippen LogP contribution in [-0.2, 0) is 11.2 Å². The summed E-state index contributed by atoms with van der Waals surface area (Å²) >= 11 is 0. The smallest absolute Gasteiger partial charge is 0.325 e. The second-order valence-corrected chi connectivity index (χ2v) is 8.54. The highest BCUT2D eigenvalue weighted by Gasteiger charge is 2.42. The van der Waals surface area contributed by atoms with Crippen LogP contribution in [-0.4, -0.2) is 66.2 Å². The van der Waals surface area contributed by atoms with Gasteiger partial charge in [0.25, 0.3) is 5.91 Å². The Bertz CT molecular complexity index is 1210. The molecule has 5 rings (SSSR count). The summed E-state index contributed by atoms with van der Waals surface area (Å²) in [7, 11) is 3.19. The molecule has 0 bridgehead atoms. The number of nitrogens with zero attached hydrogens (tertiary/aromatic N) is 4. The molecule has 2 aliphatic heterocycles. The lowest BCUT2D eigenvalue weighted by molar-refractivity contribution is -0.129. The van der Waals surface area contributed by atoms with E-state index in [0.717, 1.165) is 22.3 Å². The van der Waals surface area contributed by atoms with Crippen molar-refractivity contribution < 1.29 is 19.1 Å². The molecule has 2 fully saturated rings. The van der Waals surface area contributed by atoms with Crippen LogP contribution in [0.3, 0.4) is 0 Å². The van der Waals surface area contributed by atoms with Gasteiger partial charge >= 0.3 is 6.03 Å². The van der Waals surface area contributed by atoms with Gasteiger partial charge in [-0.05, 0) is 24.5 Å². The SMILES string of the molecule is COc1cc2ncnc(N3CCC(N4C(=O)NC(Cc5ccccc5)C4=O)CC3)c2cc1OC. The molecule has 0 aliphatic carbocycles. The molecule has 176 valence electrons. The second-order valence-electron chi connectivity index (χ2n) is 8.54. The van der Waals surface area contributed by atoms with Crippen LogP contribution in [0.5, 0.6) is 11.5 Å². The minimum atomic E-state index is -0.513. The van der Waals surface area contributed by atoms with Crippen molar-refractivity contribution in [3.8, 4) is 11.5 Å². The molecule has 0 spiro atoms. The molecule has 0 saturated carbocycles. The van der Waals surface area contributed by atoms with Crippen LogP contribution in [0.4, 0.5) is 10.6 Å². The fourth-order valence-electron chi connectivity index (χ4n) is 4.84. The molecule has 3 amide bonds. The van der Waals surface area contributed by atoms with Gasteiger partial charge in [0.15, 0.2) is 11.5 Å². The van der Waals surface area contributed by atoms with Crippen molar-refractivity contribution in [2.45, 2.75) is 31.3 Å². The predicted molar refractivity (Wildman–Crippen MR) is 127 cm³/mol. The maximum absolute atomic E-state index is 13.1. The maximum atomic E-state index is 13.1. The number of benzene rings is 2. The lowest BCUT2D eigenvalue weighted by atomic mass is 10.0. The standard InChI is InChI=1S/C25H27N5O4/c1-33-21-13-18-19(14-22(21)34-2)26-15-27-23(18)29-10-8-17(9-11-29)30-24(31)20(28-25(30)32)12-16-6-4-3-5-7-16/h3-7,13-15,17,20H,8-12H2,1-2H3,(H,28,32). The molecule has 0 radical (unpaired) electrons. The Kier molecular flexibility index (Phi) is 5.91. The zero-order chi connectivity index (χ0) is 23.7. The highest BCUT2D eigenvalue weighted by atomic mass is 16.5. The van der Waals surface area contributed by atoms with Crippen LogP contribution in [0.2, 0.25) is 0 Å². The first-order chi connectivity index (χ1) is 16.6. The zero-order valence-electron chi connectivity index (χ0n) is 19.2. The van der Waals surface area contributed by atoms with Gasteiger partial charge in [-0.3, -0.25) is 9.69 Å². The molecule has 1 atom stereocenters. The number of ether oxygens (including phenoxy) is 2. The van der Waals surface area contributed by atoms with Crippen LogP contribution < -0.4 is 19.7 Å². The summed E-state index contributed by atoms with van der Waals surface area (Å²) in [6.07, 6.45) is 3.40. The predicted octanol–water partition coefficient (Wildman–Crippen LogP) is 2.78. The summed E-state index contributed by atoms with van der Waals surface area (Å²) in [6, 6.07) is 12.5. The van der Waals surface area contributed by atoms with Gasteiger partial charge in [-0.2, -0.15) is 0 Å². The number of anilines is 1. The maximum Gasteiger partial charge on any atom is 0.325 e. The lowest BCUT2D eigenvalue weighted by Gasteiger charge is -2.36. The van der Waals surface area contributed by atoms with Gasteiger partial charge in [0.1, 0.15) is 18.2 Å². The molecule has 3 heterocycles. The Morgan fingerprint density at radius 1 is 1.00 bits per heavy atom. The Labute approximate surface area is 197 Å². The molecule has 1 unspecified atom stereocenters. The zero-order valence-corrected chi connectivity index (χ0v) is 19.2. The van der Waals surface area contributed by atoms with Gasteiger partial charge in [0.05, 0.1) is 19.7 Å². The third kappa shape index (κ3) is 3.98. The molecule has 9 nitrogen and oxygen atoms in total. The summed E-state index contributed by atoms with van der Waals surface area (Å²) in [6.45, 7) is 1.34. The molecular weight excluding hydrogens is 434 g/mol. The largest absolute Gasteiger partial charge is 0.493 e. The van der Waals surface area contributed by atoms with Crippen LogP contribution in [0.1, 0.15) is 18.4 Å². The quantitative estimate of drug-likeness (QED) is 0.564. The average molecular weight is 462 g/mol. The first-order valence-electron chi connectivity index (χ1n) is 11.4. The summed E-state index contributed by atoms with van der Waals surface area (Å²) in [4.78, 5) is 38.2. The molecule has 1 N–H and O–H groups in total. The van der Waals surface area contributed by atoms with Crippen molar-refractivity contribution >= 4 is 28.7 Å². The number of carbonyl (C=O) groups excluding carboxylic acids is 2. The molecule has 1 aromatic heterocycles. The Morgan fingerprint density at radius 2 is 1.71 bits per heavy atom. The van der Waals surface area contributed by atoms with Crippen molar-refractivity contribution in [3.05, 3.63) is 54.4 Å². The van der Waals surface area contributed by atoms with Gasteiger partial charge in [-0.25, -0.2) is 14.8 Å². The minimum absolute atomic E-state index is 0.132. The summed E-state index contributed by atoms with van der Waals surface area (Å²) in [5.41, 5.74) is 1.79. The van der Waals surface area contributed by atoms with E-state index in [1.54, 1.807) is 20.5 Å². The topological polar surface area (TPSA) is 96.9 Å². The molecule has 9 heteroatoms. The molecule has 2 aromatic carbocycles. The van der Waals surface area contributed by atoms with Crippen molar-refractivity contribution in [2.75, 3.05) is 32.2 Å².